The summed E-state index contributed by atoms with van der Waals surface area (Å²) in [6.45, 7) is 14.2. The van der Waals surface area contributed by atoms with Crippen molar-refractivity contribution in [3.8, 4) is 11.4 Å². The molecule has 0 bridgehead atoms. The topological polar surface area (TPSA) is 85.4 Å². The molecule has 0 aliphatic heterocycles. The van der Waals surface area contributed by atoms with E-state index in [2.05, 4.69) is 49.6 Å². The Labute approximate surface area is 179 Å². The Morgan fingerprint density at radius 1 is 1.00 bits per heavy atom. The minimum absolute atomic E-state index is 0.369. The molecule has 3 aromatic heterocycles. The normalized spacial score (nSPS) is 13.2. The number of hydrogen-bond donors (Lipinski definition) is 1. The summed E-state index contributed by atoms with van der Waals surface area (Å²) in [7, 11) is -1.78. The smallest absolute Gasteiger partial charge is 0.234 e. The van der Waals surface area contributed by atoms with Gasteiger partial charge in [0.05, 0.1) is 28.9 Å². The van der Waals surface area contributed by atoms with E-state index in [4.69, 9.17) is 9.41 Å². The van der Waals surface area contributed by atoms with Crippen LogP contribution in [0.25, 0.3) is 17.2 Å². The van der Waals surface area contributed by atoms with Crippen molar-refractivity contribution in [2.75, 3.05) is 0 Å². The van der Waals surface area contributed by atoms with Crippen LogP contribution in [0.1, 0.15) is 60.0 Å². The highest BCUT2D eigenvalue weighted by Crippen LogP contribution is 2.33. The third kappa shape index (κ3) is 4.31. The summed E-state index contributed by atoms with van der Waals surface area (Å²) in [6, 6.07) is 7.09. The van der Waals surface area contributed by atoms with E-state index in [9.17, 15) is 5.11 Å². The first-order valence-electron chi connectivity index (χ1n) is 10.7. The third-order valence-corrected chi connectivity index (χ3v) is 10.7. The lowest BCUT2D eigenvalue weighted by Gasteiger charge is -2.37. The molecule has 162 valence electrons. The van der Waals surface area contributed by atoms with Crippen LogP contribution >= 0.6 is 0 Å². The highest BCUT2D eigenvalue weighted by Gasteiger charge is 2.37. The van der Waals surface area contributed by atoms with E-state index in [0.717, 1.165) is 29.5 Å². The molecule has 3 heterocycles. The number of hydrogen-bond acceptors (Lipinski definition) is 6. The molecule has 0 fully saturated rings. The minimum Gasteiger partial charge on any atom is -0.406 e. The fraction of sp³-hybridized carbons (Fsp3) is 0.545. The molecule has 0 radical (unpaired) electrons. The Bertz CT molecular complexity index is 1010. The summed E-state index contributed by atoms with van der Waals surface area (Å²) in [4.78, 5) is 18.0. The Kier molecular flexibility index (Phi) is 6.13. The largest absolute Gasteiger partial charge is 0.406 e. The van der Waals surface area contributed by atoms with Gasteiger partial charge in [0.1, 0.15) is 5.60 Å². The number of aromatic nitrogens is 5. The van der Waals surface area contributed by atoms with Crippen LogP contribution in [0.4, 0.5) is 0 Å². The summed E-state index contributed by atoms with van der Waals surface area (Å²) in [5.74, 6) is 0.966. The monoisotopic (exact) mass is 427 g/mol. The molecule has 0 saturated heterocycles. The lowest BCUT2D eigenvalue weighted by molar-refractivity contribution is 0.0688. The van der Waals surface area contributed by atoms with Crippen LogP contribution in [0.5, 0.6) is 0 Å². The molecule has 0 amide bonds. The highest BCUT2D eigenvalue weighted by molar-refractivity contribution is 6.73. The number of aliphatic hydroxyl groups is 1. The first kappa shape index (κ1) is 22.5. The van der Waals surface area contributed by atoms with Crippen molar-refractivity contribution >= 4 is 14.1 Å². The van der Waals surface area contributed by atoms with E-state index in [1.54, 1.807) is 26.2 Å². The SMILES string of the molecule is CC[Si](CC)(CC)OC(C)(C)c1ccn2c(-c3ccnc(C(C)(C)O)n3)cnc2n1. The summed E-state index contributed by atoms with van der Waals surface area (Å²) >= 11 is 0. The van der Waals surface area contributed by atoms with Gasteiger partial charge in [-0.2, -0.15) is 0 Å². The molecule has 3 aromatic rings. The van der Waals surface area contributed by atoms with Gasteiger partial charge in [0.25, 0.3) is 0 Å². The van der Waals surface area contributed by atoms with Crippen molar-refractivity contribution in [2.24, 2.45) is 0 Å². The van der Waals surface area contributed by atoms with Crippen molar-refractivity contribution in [1.29, 1.82) is 0 Å². The second-order valence-corrected chi connectivity index (χ2v) is 13.5. The average Bonchev–Trinajstić information content (AvgIpc) is 3.15. The number of rotatable bonds is 8. The van der Waals surface area contributed by atoms with Gasteiger partial charge >= 0.3 is 0 Å². The van der Waals surface area contributed by atoms with E-state index < -0.39 is 19.5 Å². The quantitative estimate of drug-likeness (QED) is 0.526. The Balaban J connectivity index is 1.99. The van der Waals surface area contributed by atoms with E-state index in [1.165, 1.54) is 0 Å². The molecule has 3 rings (SSSR count). The molecule has 0 spiro atoms. The van der Waals surface area contributed by atoms with Crippen LogP contribution in [0.15, 0.2) is 30.7 Å². The Hall–Kier alpha value is -2.16. The third-order valence-electron chi connectivity index (χ3n) is 5.87. The van der Waals surface area contributed by atoms with Crippen molar-refractivity contribution in [3.05, 3.63) is 42.2 Å². The number of fused-ring (bicyclic) bond motifs is 1. The average molecular weight is 428 g/mol. The minimum atomic E-state index is -1.78. The Morgan fingerprint density at radius 2 is 1.67 bits per heavy atom. The standard InChI is InChI=1S/C22H33N5O2Si/c1-8-30(9-2,10-3)29-22(6,7)18-12-14-27-17(15-24-20(27)26-18)16-11-13-23-19(25-16)21(4,5)28/h11-15,28H,8-10H2,1-7H3. The molecule has 0 aliphatic rings. The summed E-state index contributed by atoms with van der Waals surface area (Å²) in [5, 5.41) is 10.2. The first-order chi connectivity index (χ1) is 14.0. The summed E-state index contributed by atoms with van der Waals surface area (Å²) in [6.07, 6.45) is 5.36. The van der Waals surface area contributed by atoms with Gasteiger partial charge in [-0.1, -0.05) is 20.8 Å². The predicted molar refractivity (Wildman–Crippen MR) is 121 cm³/mol. The van der Waals surface area contributed by atoms with Gasteiger partial charge < -0.3 is 9.53 Å². The molecular formula is C22H33N5O2Si. The van der Waals surface area contributed by atoms with Gasteiger partial charge in [-0.05, 0) is 58.0 Å². The van der Waals surface area contributed by atoms with Crippen LogP contribution in [0, 0.1) is 0 Å². The van der Waals surface area contributed by atoms with Gasteiger partial charge in [-0.3, -0.25) is 4.40 Å². The molecule has 7 nitrogen and oxygen atoms in total. The predicted octanol–water partition coefficient (Wildman–Crippen LogP) is 4.67. The van der Waals surface area contributed by atoms with Crippen molar-refractivity contribution < 1.29 is 9.53 Å². The van der Waals surface area contributed by atoms with Crippen molar-refractivity contribution in [1.82, 2.24) is 24.3 Å². The molecule has 1 N–H and O–H groups in total. The van der Waals surface area contributed by atoms with Gasteiger partial charge in [-0.15, -0.1) is 0 Å². The van der Waals surface area contributed by atoms with Crippen LogP contribution in [0.2, 0.25) is 18.1 Å². The molecule has 0 saturated carbocycles. The lowest BCUT2D eigenvalue weighted by atomic mass is 10.1. The molecule has 0 aromatic carbocycles. The molecule has 8 heteroatoms. The second kappa shape index (κ2) is 8.17. The fourth-order valence-electron chi connectivity index (χ4n) is 3.75. The molecule has 0 aliphatic carbocycles. The van der Waals surface area contributed by atoms with Crippen molar-refractivity contribution in [2.45, 2.75) is 77.8 Å². The second-order valence-electron chi connectivity index (χ2n) is 8.81. The van der Waals surface area contributed by atoms with E-state index in [1.807, 2.05) is 22.7 Å². The summed E-state index contributed by atoms with van der Waals surface area (Å²) < 4.78 is 8.65. The maximum absolute atomic E-state index is 10.2. The fourth-order valence-corrected chi connectivity index (χ4v) is 6.87. The molecule has 0 unspecified atom stereocenters. The molecular weight excluding hydrogens is 394 g/mol. The lowest BCUT2D eigenvalue weighted by Crippen LogP contribution is -2.43. The van der Waals surface area contributed by atoms with Crippen LogP contribution in [-0.2, 0) is 15.6 Å². The number of nitrogens with zero attached hydrogens (tertiary/aromatic N) is 5. The maximum atomic E-state index is 10.2. The van der Waals surface area contributed by atoms with Crippen LogP contribution < -0.4 is 0 Å². The molecule has 0 atom stereocenters. The summed E-state index contributed by atoms with van der Waals surface area (Å²) in [5.41, 5.74) is 0.770. The van der Waals surface area contributed by atoms with Gasteiger partial charge in [0.15, 0.2) is 14.1 Å². The van der Waals surface area contributed by atoms with Gasteiger partial charge in [0, 0.05) is 12.4 Å². The number of imidazole rings is 1. The zero-order chi connectivity index (χ0) is 22.2. The first-order valence-corrected chi connectivity index (χ1v) is 13.2. The van der Waals surface area contributed by atoms with Crippen molar-refractivity contribution in [3.63, 3.8) is 0 Å². The van der Waals surface area contributed by atoms with Gasteiger partial charge in [-0.25, -0.2) is 19.9 Å². The van der Waals surface area contributed by atoms with E-state index in [0.29, 0.717) is 17.3 Å². The highest BCUT2D eigenvalue weighted by atomic mass is 28.4. The molecule has 30 heavy (non-hydrogen) atoms. The van der Waals surface area contributed by atoms with Crippen LogP contribution in [-0.4, -0.2) is 37.8 Å². The Morgan fingerprint density at radius 3 is 2.27 bits per heavy atom. The van der Waals surface area contributed by atoms with E-state index >= 15 is 0 Å². The van der Waals surface area contributed by atoms with Gasteiger partial charge in [0.2, 0.25) is 5.78 Å². The zero-order valence-corrected chi connectivity index (χ0v) is 20.1. The van der Waals surface area contributed by atoms with E-state index in [-0.39, 0.29) is 0 Å². The maximum Gasteiger partial charge on any atom is 0.234 e. The zero-order valence-electron chi connectivity index (χ0n) is 19.1. The van der Waals surface area contributed by atoms with Crippen LogP contribution in [0.3, 0.4) is 0 Å².